The largest absolute Gasteiger partial charge is 0.464 e. The number of aryl methyl sites for hydroxylation is 2. The van der Waals surface area contributed by atoms with Gasteiger partial charge in [-0.1, -0.05) is 13.8 Å². The number of nitrogens with zero attached hydrogens (tertiary/aromatic N) is 2. The van der Waals surface area contributed by atoms with E-state index in [1.165, 1.54) is 16.8 Å². The van der Waals surface area contributed by atoms with Gasteiger partial charge in [-0.15, -0.1) is 0 Å². The first kappa shape index (κ1) is 21.4. The summed E-state index contributed by atoms with van der Waals surface area (Å²) in [6.45, 7) is 12.8. The third-order valence-electron chi connectivity index (χ3n) is 6.37. The van der Waals surface area contributed by atoms with Crippen molar-refractivity contribution < 1.29 is 9.21 Å². The lowest BCUT2D eigenvalue weighted by Crippen LogP contribution is -2.44. The number of fused-ring (bicyclic) bond motifs is 1. The molecule has 1 fully saturated rings. The Kier molecular flexibility index (Phi) is 6.05. The van der Waals surface area contributed by atoms with E-state index in [9.17, 15) is 4.79 Å². The number of hydrogen-bond donors (Lipinski definition) is 1. The maximum atomic E-state index is 12.8. The molecule has 4 rings (SSSR count). The quantitative estimate of drug-likeness (QED) is 0.625. The van der Waals surface area contributed by atoms with Gasteiger partial charge >= 0.3 is 0 Å². The molecule has 3 aromatic rings. The van der Waals surface area contributed by atoms with Crippen LogP contribution in [0.5, 0.6) is 0 Å². The summed E-state index contributed by atoms with van der Waals surface area (Å²) in [5.74, 6) is 0.410. The number of likely N-dealkylation sites (N-methyl/N-ethyl adjacent to an activating group) is 1. The summed E-state index contributed by atoms with van der Waals surface area (Å²) in [7, 11) is 2.16. The molecule has 0 spiro atoms. The van der Waals surface area contributed by atoms with E-state index >= 15 is 0 Å². The highest BCUT2D eigenvalue weighted by atomic mass is 16.3. The molecule has 1 amide bonds. The van der Waals surface area contributed by atoms with E-state index in [0.29, 0.717) is 12.3 Å². The topological polar surface area (TPSA) is 48.7 Å². The van der Waals surface area contributed by atoms with Crippen LogP contribution in [0.2, 0.25) is 0 Å². The summed E-state index contributed by atoms with van der Waals surface area (Å²) in [6, 6.07) is 10.6. The van der Waals surface area contributed by atoms with Crippen molar-refractivity contribution in [2.45, 2.75) is 40.0 Å². The Balaban J connectivity index is 1.47. The smallest absolute Gasteiger partial charge is 0.228 e. The number of carbonyl (C=O) groups excluding carboxylic acids is 1. The molecule has 1 saturated heterocycles. The van der Waals surface area contributed by atoms with Crippen molar-refractivity contribution in [1.82, 2.24) is 4.90 Å². The van der Waals surface area contributed by atoms with E-state index in [0.717, 1.165) is 54.0 Å². The molecular formula is C26H33N3O2. The number of piperazine rings is 1. The van der Waals surface area contributed by atoms with Gasteiger partial charge in [-0.25, -0.2) is 0 Å². The summed E-state index contributed by atoms with van der Waals surface area (Å²) in [5.41, 5.74) is 7.48. The third kappa shape index (κ3) is 4.62. The zero-order valence-corrected chi connectivity index (χ0v) is 19.3. The molecule has 1 aromatic heterocycles. The lowest BCUT2D eigenvalue weighted by atomic mass is 9.95. The Morgan fingerprint density at radius 2 is 1.81 bits per heavy atom. The summed E-state index contributed by atoms with van der Waals surface area (Å²) < 4.78 is 5.74. The van der Waals surface area contributed by atoms with Crippen molar-refractivity contribution in [3.63, 3.8) is 0 Å². The van der Waals surface area contributed by atoms with Crippen molar-refractivity contribution >= 4 is 28.3 Å². The van der Waals surface area contributed by atoms with Crippen LogP contribution in [-0.2, 0) is 11.2 Å². The van der Waals surface area contributed by atoms with Gasteiger partial charge in [-0.3, -0.25) is 4.79 Å². The maximum absolute atomic E-state index is 12.8. The molecule has 1 aliphatic rings. The average molecular weight is 420 g/mol. The Morgan fingerprint density at radius 1 is 1.06 bits per heavy atom. The number of carbonyl (C=O) groups is 1. The lowest BCUT2D eigenvalue weighted by Gasteiger charge is -2.34. The van der Waals surface area contributed by atoms with Crippen LogP contribution >= 0.6 is 0 Å². The van der Waals surface area contributed by atoms with E-state index in [1.54, 1.807) is 6.26 Å². The predicted molar refractivity (Wildman–Crippen MR) is 128 cm³/mol. The molecule has 1 N–H and O–H groups in total. The molecule has 0 radical (unpaired) electrons. The summed E-state index contributed by atoms with van der Waals surface area (Å²) in [6.07, 6.45) is 2.02. The van der Waals surface area contributed by atoms with Gasteiger partial charge in [0.2, 0.25) is 5.91 Å². The third-order valence-corrected chi connectivity index (χ3v) is 6.37. The van der Waals surface area contributed by atoms with Crippen LogP contribution in [0.3, 0.4) is 0 Å². The number of amides is 1. The molecule has 164 valence electrons. The molecule has 5 nitrogen and oxygen atoms in total. The minimum Gasteiger partial charge on any atom is -0.464 e. The standard InChI is InChI=1S/C26H33N3O2/c1-17(2)22-15-23-20(16-31-25(23)13-18(22)3)14-26(30)27-24-7-6-21(12-19(24)4)29-10-8-28(5)9-11-29/h6-7,12-13,15-17H,8-11,14H2,1-5H3,(H,27,30). The highest BCUT2D eigenvalue weighted by molar-refractivity contribution is 5.96. The number of nitrogens with one attached hydrogen (secondary N) is 1. The van der Waals surface area contributed by atoms with Crippen LogP contribution in [-0.4, -0.2) is 44.0 Å². The molecule has 0 atom stereocenters. The molecule has 2 aromatic carbocycles. The Labute approximate surface area is 185 Å². The minimum atomic E-state index is -0.0233. The van der Waals surface area contributed by atoms with Crippen LogP contribution in [0.15, 0.2) is 41.0 Å². The summed E-state index contributed by atoms with van der Waals surface area (Å²) in [4.78, 5) is 17.6. The normalized spacial score (nSPS) is 15.1. The van der Waals surface area contributed by atoms with Crippen molar-refractivity contribution in [3.05, 3.63) is 58.8 Å². The first-order valence-electron chi connectivity index (χ1n) is 11.2. The second-order valence-corrected chi connectivity index (χ2v) is 9.14. The Hall–Kier alpha value is -2.79. The molecule has 2 heterocycles. The van der Waals surface area contributed by atoms with E-state index in [-0.39, 0.29) is 5.91 Å². The number of benzene rings is 2. The first-order valence-corrected chi connectivity index (χ1v) is 11.2. The second-order valence-electron chi connectivity index (χ2n) is 9.14. The van der Waals surface area contributed by atoms with E-state index in [2.05, 4.69) is 74.1 Å². The fourth-order valence-corrected chi connectivity index (χ4v) is 4.42. The first-order chi connectivity index (χ1) is 14.8. The number of anilines is 2. The number of furan rings is 1. The monoisotopic (exact) mass is 419 g/mol. The van der Waals surface area contributed by atoms with Gasteiger partial charge in [0, 0.05) is 48.5 Å². The molecule has 5 heteroatoms. The van der Waals surface area contributed by atoms with E-state index in [1.807, 2.05) is 6.07 Å². The summed E-state index contributed by atoms with van der Waals surface area (Å²) >= 11 is 0. The molecule has 1 aliphatic heterocycles. The Morgan fingerprint density at radius 3 is 2.48 bits per heavy atom. The fraction of sp³-hybridized carbons (Fsp3) is 0.423. The van der Waals surface area contributed by atoms with Gasteiger partial charge in [-0.2, -0.15) is 0 Å². The van der Waals surface area contributed by atoms with Crippen molar-refractivity contribution in [2.75, 3.05) is 43.4 Å². The Bertz CT molecular complexity index is 1090. The summed E-state index contributed by atoms with van der Waals surface area (Å²) in [5, 5.41) is 4.13. The van der Waals surface area contributed by atoms with Gasteiger partial charge in [0.1, 0.15) is 5.58 Å². The maximum Gasteiger partial charge on any atom is 0.228 e. The zero-order chi connectivity index (χ0) is 22.1. The van der Waals surface area contributed by atoms with Crippen LogP contribution in [0, 0.1) is 13.8 Å². The molecule has 0 aliphatic carbocycles. The number of rotatable bonds is 5. The van der Waals surface area contributed by atoms with Gasteiger partial charge < -0.3 is 19.5 Å². The van der Waals surface area contributed by atoms with Gasteiger partial charge in [0.25, 0.3) is 0 Å². The number of hydrogen-bond acceptors (Lipinski definition) is 4. The zero-order valence-electron chi connectivity index (χ0n) is 19.3. The van der Waals surface area contributed by atoms with Crippen molar-refractivity contribution in [2.24, 2.45) is 0 Å². The van der Waals surface area contributed by atoms with Crippen LogP contribution in [0.25, 0.3) is 11.0 Å². The van der Waals surface area contributed by atoms with Crippen molar-refractivity contribution in [3.8, 4) is 0 Å². The van der Waals surface area contributed by atoms with Gasteiger partial charge in [-0.05, 0) is 73.8 Å². The molecule has 0 unspecified atom stereocenters. The minimum absolute atomic E-state index is 0.0233. The van der Waals surface area contributed by atoms with Crippen LogP contribution in [0.1, 0.15) is 42.0 Å². The van der Waals surface area contributed by atoms with Crippen molar-refractivity contribution in [1.29, 1.82) is 0 Å². The SMILES string of the molecule is Cc1cc(N2CCN(C)CC2)ccc1NC(=O)Cc1coc2cc(C)c(C(C)C)cc12. The van der Waals surface area contributed by atoms with Crippen LogP contribution < -0.4 is 10.2 Å². The lowest BCUT2D eigenvalue weighted by molar-refractivity contribution is -0.115. The highest BCUT2D eigenvalue weighted by Crippen LogP contribution is 2.30. The predicted octanol–water partition coefficient (Wildman–Crippen LogP) is 5.11. The van der Waals surface area contributed by atoms with Gasteiger partial charge in [0.15, 0.2) is 0 Å². The molecular weight excluding hydrogens is 386 g/mol. The van der Waals surface area contributed by atoms with Crippen LogP contribution in [0.4, 0.5) is 11.4 Å². The van der Waals surface area contributed by atoms with E-state index in [4.69, 9.17) is 4.42 Å². The molecule has 31 heavy (non-hydrogen) atoms. The second kappa shape index (κ2) is 8.75. The fourth-order valence-electron chi connectivity index (χ4n) is 4.42. The highest BCUT2D eigenvalue weighted by Gasteiger charge is 2.17. The van der Waals surface area contributed by atoms with Gasteiger partial charge in [0.05, 0.1) is 12.7 Å². The molecule has 0 bridgehead atoms. The molecule has 0 saturated carbocycles. The average Bonchev–Trinajstić information content (AvgIpc) is 3.10. The van der Waals surface area contributed by atoms with E-state index < -0.39 is 0 Å².